The molecular formula is C19H19ClN2O3S. The van der Waals surface area contributed by atoms with E-state index >= 15 is 0 Å². The van der Waals surface area contributed by atoms with E-state index in [-0.39, 0.29) is 17.9 Å². The van der Waals surface area contributed by atoms with E-state index in [4.69, 9.17) is 16.3 Å². The molecule has 5 nitrogen and oxygen atoms in total. The molecule has 26 heavy (non-hydrogen) atoms. The predicted molar refractivity (Wildman–Crippen MR) is 104 cm³/mol. The highest BCUT2D eigenvalue weighted by molar-refractivity contribution is 7.16. The Bertz CT molecular complexity index is 818. The van der Waals surface area contributed by atoms with Gasteiger partial charge in [0.1, 0.15) is 6.10 Å². The van der Waals surface area contributed by atoms with Crippen LogP contribution in [0.25, 0.3) is 0 Å². The Morgan fingerprint density at radius 3 is 2.65 bits per heavy atom. The molecule has 3 rings (SSSR count). The van der Waals surface area contributed by atoms with Gasteiger partial charge in [0.25, 0.3) is 5.91 Å². The van der Waals surface area contributed by atoms with Crippen molar-refractivity contribution in [2.45, 2.75) is 6.10 Å². The molecule has 0 aliphatic carbocycles. The minimum atomic E-state index is -0.199. The summed E-state index contributed by atoms with van der Waals surface area (Å²) in [6.45, 7) is 5.00. The third-order valence-electron chi connectivity index (χ3n) is 4.27. The number of carbonyl (C=O) groups excluding carboxylic acids is 2. The zero-order valence-electron chi connectivity index (χ0n) is 14.4. The zero-order valence-corrected chi connectivity index (χ0v) is 15.9. The molecule has 0 N–H and O–H groups in total. The molecule has 7 heteroatoms. The van der Waals surface area contributed by atoms with Gasteiger partial charge in [-0.15, -0.1) is 11.3 Å². The molecule has 1 aliphatic heterocycles. The Kier molecular flexibility index (Phi) is 5.76. The molecule has 1 aromatic carbocycles. The fourth-order valence-corrected chi connectivity index (χ4v) is 3.88. The van der Waals surface area contributed by atoms with Crippen molar-refractivity contribution in [3.8, 4) is 0 Å². The first-order valence-electron chi connectivity index (χ1n) is 8.16. The van der Waals surface area contributed by atoms with Gasteiger partial charge in [-0.25, -0.2) is 0 Å². The van der Waals surface area contributed by atoms with Gasteiger partial charge in [0.2, 0.25) is 5.91 Å². The molecule has 2 aromatic rings. The summed E-state index contributed by atoms with van der Waals surface area (Å²) in [7, 11) is 1.67. The van der Waals surface area contributed by atoms with E-state index in [0.717, 1.165) is 4.88 Å². The minimum Gasteiger partial charge on any atom is -0.369 e. The topological polar surface area (TPSA) is 49.9 Å². The zero-order chi connectivity index (χ0) is 18.7. The smallest absolute Gasteiger partial charge is 0.254 e. The minimum absolute atomic E-state index is 0.0507. The number of hydrogen-bond donors (Lipinski definition) is 0. The van der Waals surface area contributed by atoms with Gasteiger partial charge in [0.05, 0.1) is 17.5 Å². The molecule has 2 amide bonds. The van der Waals surface area contributed by atoms with Crippen LogP contribution in [0.3, 0.4) is 0 Å². The van der Waals surface area contributed by atoms with Crippen LogP contribution in [0.4, 0.5) is 5.69 Å². The summed E-state index contributed by atoms with van der Waals surface area (Å²) in [5.74, 6) is -0.250. The van der Waals surface area contributed by atoms with Gasteiger partial charge in [-0.1, -0.05) is 18.2 Å². The van der Waals surface area contributed by atoms with Gasteiger partial charge in [-0.3, -0.25) is 9.59 Å². The fraction of sp³-hybridized carbons (Fsp3) is 0.263. The number of amides is 2. The van der Waals surface area contributed by atoms with Gasteiger partial charge in [-0.2, -0.15) is 0 Å². The Morgan fingerprint density at radius 1 is 1.31 bits per heavy atom. The van der Waals surface area contributed by atoms with Gasteiger partial charge in [-0.05, 0) is 42.5 Å². The fourth-order valence-electron chi connectivity index (χ4n) is 2.78. The monoisotopic (exact) mass is 390 g/mol. The number of likely N-dealkylation sites (N-methyl/N-ethyl adjacent to an activating group) is 1. The molecule has 1 atom stereocenters. The van der Waals surface area contributed by atoms with Crippen LogP contribution in [0.15, 0.2) is 49.1 Å². The lowest BCUT2D eigenvalue weighted by Crippen LogP contribution is -2.42. The number of morpholine rings is 1. The van der Waals surface area contributed by atoms with E-state index < -0.39 is 0 Å². The number of anilines is 1. The van der Waals surface area contributed by atoms with Crippen LogP contribution in [0.1, 0.15) is 21.3 Å². The van der Waals surface area contributed by atoms with E-state index in [1.807, 2.05) is 12.1 Å². The Morgan fingerprint density at radius 2 is 2.04 bits per heavy atom. The van der Waals surface area contributed by atoms with Crippen molar-refractivity contribution < 1.29 is 14.3 Å². The number of benzene rings is 1. The molecule has 136 valence electrons. The van der Waals surface area contributed by atoms with Gasteiger partial charge in [0.15, 0.2) is 0 Å². The second-order valence-electron chi connectivity index (χ2n) is 5.90. The third kappa shape index (κ3) is 3.98. The van der Waals surface area contributed by atoms with Crippen LogP contribution in [-0.4, -0.2) is 43.5 Å². The van der Waals surface area contributed by atoms with Gasteiger partial charge in [0, 0.05) is 29.7 Å². The Labute approximate surface area is 161 Å². The maximum Gasteiger partial charge on any atom is 0.254 e. The first-order valence-corrected chi connectivity index (χ1v) is 9.35. The Hall–Kier alpha value is -2.15. The number of halogens is 1. The molecule has 2 heterocycles. The summed E-state index contributed by atoms with van der Waals surface area (Å²) in [6.07, 6.45) is 1.10. The van der Waals surface area contributed by atoms with Crippen molar-refractivity contribution in [3.63, 3.8) is 0 Å². The molecule has 1 unspecified atom stereocenters. The van der Waals surface area contributed by atoms with Crippen LogP contribution >= 0.6 is 22.9 Å². The summed E-state index contributed by atoms with van der Waals surface area (Å²) < 4.78 is 6.50. The first-order chi connectivity index (χ1) is 12.5. The molecule has 1 saturated heterocycles. The summed E-state index contributed by atoms with van der Waals surface area (Å²) in [4.78, 5) is 28.8. The van der Waals surface area contributed by atoms with Crippen molar-refractivity contribution in [1.29, 1.82) is 0 Å². The van der Waals surface area contributed by atoms with Crippen molar-refractivity contribution in [2.75, 3.05) is 31.6 Å². The van der Waals surface area contributed by atoms with Crippen LogP contribution in [-0.2, 0) is 9.53 Å². The first kappa shape index (κ1) is 18.6. The summed E-state index contributed by atoms with van der Waals surface area (Å²) in [5, 5.41) is 0. The average Bonchev–Trinajstić information content (AvgIpc) is 3.13. The van der Waals surface area contributed by atoms with E-state index in [2.05, 4.69) is 6.58 Å². The number of thiophene rings is 1. The quantitative estimate of drug-likeness (QED) is 0.747. The summed E-state index contributed by atoms with van der Waals surface area (Å²) in [6, 6.07) is 10.8. The van der Waals surface area contributed by atoms with Gasteiger partial charge >= 0.3 is 0 Å². The molecule has 0 radical (unpaired) electrons. The predicted octanol–water partition coefficient (Wildman–Crippen LogP) is 3.76. The van der Waals surface area contributed by atoms with E-state index in [1.165, 1.54) is 22.3 Å². The molecule has 0 bridgehead atoms. The van der Waals surface area contributed by atoms with E-state index in [9.17, 15) is 9.59 Å². The highest BCUT2D eigenvalue weighted by Crippen LogP contribution is 2.31. The lowest BCUT2D eigenvalue weighted by atomic mass is 10.1. The van der Waals surface area contributed by atoms with Crippen LogP contribution in [0, 0.1) is 0 Å². The number of carbonyl (C=O) groups is 2. The maximum absolute atomic E-state index is 12.8. The molecule has 1 aromatic heterocycles. The second-order valence-corrected chi connectivity index (χ2v) is 7.65. The van der Waals surface area contributed by atoms with Crippen LogP contribution in [0.2, 0.25) is 4.34 Å². The highest BCUT2D eigenvalue weighted by Gasteiger charge is 2.27. The SMILES string of the molecule is C=CC(=O)N(C)c1ccc(C(=O)N2CCOC(c3ccc(Cl)s3)C2)cc1. The number of ether oxygens (including phenoxy) is 1. The normalized spacial score (nSPS) is 17.0. The highest BCUT2D eigenvalue weighted by atomic mass is 35.5. The van der Waals surface area contributed by atoms with Crippen molar-refractivity contribution >= 4 is 40.4 Å². The molecule has 0 saturated carbocycles. The second kappa shape index (κ2) is 8.03. The van der Waals surface area contributed by atoms with Crippen molar-refractivity contribution in [1.82, 2.24) is 4.90 Å². The van der Waals surface area contributed by atoms with Crippen LogP contribution in [0.5, 0.6) is 0 Å². The standard InChI is InChI=1S/C19H19ClN2O3S/c1-3-18(23)21(2)14-6-4-13(5-7-14)19(24)22-10-11-25-15(12-22)16-8-9-17(20)26-16/h3-9,15H,1,10-12H2,2H3. The Balaban J connectivity index is 1.70. The van der Waals surface area contributed by atoms with Gasteiger partial charge < -0.3 is 14.5 Å². The maximum atomic E-state index is 12.8. The number of hydrogen-bond acceptors (Lipinski definition) is 4. The van der Waals surface area contributed by atoms with Crippen molar-refractivity contribution in [2.24, 2.45) is 0 Å². The largest absolute Gasteiger partial charge is 0.369 e. The molecule has 1 aliphatic rings. The lowest BCUT2D eigenvalue weighted by Gasteiger charge is -2.32. The molecule has 1 fully saturated rings. The molecule has 0 spiro atoms. The average molecular weight is 391 g/mol. The summed E-state index contributed by atoms with van der Waals surface area (Å²) >= 11 is 7.47. The lowest BCUT2D eigenvalue weighted by molar-refractivity contribution is -0.113. The summed E-state index contributed by atoms with van der Waals surface area (Å²) in [5.41, 5.74) is 1.29. The van der Waals surface area contributed by atoms with E-state index in [0.29, 0.717) is 35.3 Å². The number of rotatable bonds is 4. The molecular weight excluding hydrogens is 372 g/mol. The van der Waals surface area contributed by atoms with Crippen molar-refractivity contribution in [3.05, 3.63) is 63.8 Å². The van der Waals surface area contributed by atoms with E-state index in [1.54, 1.807) is 36.2 Å². The van der Waals surface area contributed by atoms with Crippen LogP contribution < -0.4 is 4.90 Å². The number of nitrogens with zero attached hydrogens (tertiary/aromatic N) is 2. The third-order valence-corrected chi connectivity index (χ3v) is 5.59.